The highest BCUT2D eigenvalue weighted by Crippen LogP contribution is 2.24. The summed E-state index contributed by atoms with van der Waals surface area (Å²) < 4.78 is 10.6. The zero-order valence-electron chi connectivity index (χ0n) is 16.6. The molecule has 152 valence electrons. The van der Waals surface area contributed by atoms with Crippen molar-refractivity contribution in [2.24, 2.45) is 0 Å². The SMILES string of the molecule is C[C@H]1[C@H](NC(=O)OC(C)(C)C)C(=O)N1OCC(=O)OC1Cc2ccccc2C1. The minimum absolute atomic E-state index is 0.209. The molecule has 2 amide bonds. The van der Waals surface area contributed by atoms with Gasteiger partial charge in [-0.25, -0.2) is 14.7 Å². The van der Waals surface area contributed by atoms with E-state index in [0.717, 1.165) is 5.06 Å². The number of carbonyl (C=O) groups is 3. The predicted molar refractivity (Wildman–Crippen MR) is 99.1 cm³/mol. The van der Waals surface area contributed by atoms with Gasteiger partial charge in [0.1, 0.15) is 17.7 Å². The quantitative estimate of drug-likeness (QED) is 0.608. The van der Waals surface area contributed by atoms with Crippen molar-refractivity contribution in [3.8, 4) is 0 Å². The van der Waals surface area contributed by atoms with Gasteiger partial charge < -0.3 is 14.8 Å². The number of hydrogen-bond donors (Lipinski definition) is 1. The van der Waals surface area contributed by atoms with Gasteiger partial charge in [-0.1, -0.05) is 24.3 Å². The van der Waals surface area contributed by atoms with Crippen LogP contribution in [0.25, 0.3) is 0 Å². The molecule has 1 aliphatic carbocycles. The van der Waals surface area contributed by atoms with Crippen LogP contribution in [0.15, 0.2) is 24.3 Å². The third kappa shape index (κ3) is 4.62. The molecule has 8 heteroatoms. The van der Waals surface area contributed by atoms with Crippen molar-refractivity contribution in [3.05, 3.63) is 35.4 Å². The zero-order valence-corrected chi connectivity index (χ0v) is 16.6. The van der Waals surface area contributed by atoms with E-state index in [0.29, 0.717) is 12.8 Å². The van der Waals surface area contributed by atoms with E-state index in [-0.39, 0.29) is 12.7 Å². The van der Waals surface area contributed by atoms with Gasteiger partial charge in [0.15, 0.2) is 6.61 Å². The molecule has 2 aliphatic rings. The average Bonchev–Trinajstić information content (AvgIpc) is 3.00. The van der Waals surface area contributed by atoms with Crippen LogP contribution in [0.3, 0.4) is 0 Å². The first kappa shape index (κ1) is 20.1. The number of nitrogens with zero attached hydrogens (tertiary/aromatic N) is 1. The van der Waals surface area contributed by atoms with Gasteiger partial charge in [-0.05, 0) is 38.8 Å². The third-order valence-electron chi connectivity index (χ3n) is 4.64. The molecule has 3 rings (SSSR count). The Balaban J connectivity index is 1.40. The van der Waals surface area contributed by atoms with Crippen molar-refractivity contribution < 1.29 is 28.7 Å². The normalized spacial score (nSPS) is 21.7. The molecule has 1 aromatic rings. The second kappa shape index (κ2) is 7.79. The maximum atomic E-state index is 12.2. The molecule has 28 heavy (non-hydrogen) atoms. The van der Waals surface area contributed by atoms with Crippen LogP contribution in [0.5, 0.6) is 0 Å². The van der Waals surface area contributed by atoms with Crippen LogP contribution in [0.1, 0.15) is 38.8 Å². The Bertz CT molecular complexity index is 747. The Morgan fingerprint density at radius 1 is 1.18 bits per heavy atom. The van der Waals surface area contributed by atoms with Gasteiger partial charge in [0.25, 0.3) is 5.91 Å². The Hall–Kier alpha value is -2.61. The molecular formula is C20H26N2O6. The van der Waals surface area contributed by atoms with E-state index in [1.54, 1.807) is 27.7 Å². The van der Waals surface area contributed by atoms with Crippen LogP contribution < -0.4 is 5.32 Å². The lowest BCUT2D eigenvalue weighted by Gasteiger charge is -2.43. The number of alkyl carbamates (subject to hydrolysis) is 1. The largest absolute Gasteiger partial charge is 0.460 e. The van der Waals surface area contributed by atoms with Crippen molar-refractivity contribution in [2.75, 3.05) is 6.61 Å². The van der Waals surface area contributed by atoms with Gasteiger partial charge >= 0.3 is 12.1 Å². The molecule has 8 nitrogen and oxygen atoms in total. The van der Waals surface area contributed by atoms with Crippen molar-refractivity contribution in [3.63, 3.8) is 0 Å². The summed E-state index contributed by atoms with van der Waals surface area (Å²) in [5, 5.41) is 3.59. The first-order chi connectivity index (χ1) is 13.1. The second-order valence-electron chi connectivity index (χ2n) is 8.09. The van der Waals surface area contributed by atoms with Crippen molar-refractivity contribution in [1.82, 2.24) is 10.4 Å². The van der Waals surface area contributed by atoms with Crippen LogP contribution in [0.4, 0.5) is 4.79 Å². The number of fused-ring (bicyclic) bond motifs is 1. The molecule has 1 aliphatic heterocycles. The third-order valence-corrected chi connectivity index (χ3v) is 4.64. The number of ether oxygens (including phenoxy) is 2. The van der Waals surface area contributed by atoms with Gasteiger partial charge in [-0.3, -0.25) is 9.63 Å². The van der Waals surface area contributed by atoms with Crippen molar-refractivity contribution >= 4 is 18.0 Å². The fourth-order valence-electron chi connectivity index (χ4n) is 3.34. The van der Waals surface area contributed by atoms with Crippen LogP contribution in [0, 0.1) is 0 Å². The molecule has 0 unspecified atom stereocenters. The molecule has 1 heterocycles. The van der Waals surface area contributed by atoms with Gasteiger partial charge in [-0.2, -0.15) is 0 Å². The van der Waals surface area contributed by atoms with Gasteiger partial charge in [0.05, 0.1) is 6.04 Å². The number of carbonyl (C=O) groups excluding carboxylic acids is 3. The van der Waals surface area contributed by atoms with Crippen LogP contribution in [0.2, 0.25) is 0 Å². The lowest BCUT2D eigenvalue weighted by Crippen LogP contribution is -2.69. The summed E-state index contributed by atoms with van der Waals surface area (Å²) in [6, 6.07) is 6.82. The van der Waals surface area contributed by atoms with Gasteiger partial charge in [-0.15, -0.1) is 0 Å². The Kier molecular flexibility index (Phi) is 5.60. The Morgan fingerprint density at radius 2 is 1.79 bits per heavy atom. The summed E-state index contributed by atoms with van der Waals surface area (Å²) >= 11 is 0. The Morgan fingerprint density at radius 3 is 2.32 bits per heavy atom. The molecule has 0 spiro atoms. The first-order valence-corrected chi connectivity index (χ1v) is 9.36. The molecule has 1 aromatic carbocycles. The summed E-state index contributed by atoms with van der Waals surface area (Å²) in [5.41, 5.74) is 1.72. The first-order valence-electron chi connectivity index (χ1n) is 9.36. The van der Waals surface area contributed by atoms with Crippen LogP contribution >= 0.6 is 0 Å². The van der Waals surface area contributed by atoms with E-state index in [1.165, 1.54) is 11.1 Å². The minimum atomic E-state index is -0.741. The molecule has 0 radical (unpaired) electrons. The van der Waals surface area contributed by atoms with Crippen LogP contribution in [-0.4, -0.2) is 53.4 Å². The fourth-order valence-corrected chi connectivity index (χ4v) is 3.34. The van der Waals surface area contributed by atoms with E-state index in [4.69, 9.17) is 14.3 Å². The van der Waals surface area contributed by atoms with E-state index in [9.17, 15) is 14.4 Å². The highest BCUT2D eigenvalue weighted by Gasteiger charge is 2.47. The standard InChI is InChI=1S/C20H26N2O6/c1-12-17(21-19(25)28-20(2,3)4)18(24)22(12)26-11-16(23)27-15-9-13-7-5-6-8-14(13)10-15/h5-8,12,15,17H,9-11H2,1-4H3,(H,21,25)/t12-,17-/m0/s1. The summed E-state index contributed by atoms with van der Waals surface area (Å²) in [6.07, 6.45) is 0.489. The molecule has 0 bridgehead atoms. The topological polar surface area (TPSA) is 94.2 Å². The van der Waals surface area contributed by atoms with Gasteiger partial charge in [0, 0.05) is 12.8 Å². The molecule has 2 atom stereocenters. The molecule has 0 aromatic heterocycles. The number of hydrogen-bond acceptors (Lipinski definition) is 6. The van der Waals surface area contributed by atoms with E-state index < -0.39 is 35.7 Å². The number of nitrogens with one attached hydrogen (secondary N) is 1. The van der Waals surface area contributed by atoms with Gasteiger partial charge in [0.2, 0.25) is 0 Å². The van der Waals surface area contributed by atoms with E-state index >= 15 is 0 Å². The molecule has 0 saturated carbocycles. The lowest BCUT2D eigenvalue weighted by atomic mass is 10.0. The summed E-state index contributed by atoms with van der Waals surface area (Å²) in [4.78, 5) is 41.3. The molecule has 1 fully saturated rings. The predicted octanol–water partition coefficient (Wildman–Crippen LogP) is 1.75. The number of β-lactam (4-membered cyclic amide) rings is 1. The summed E-state index contributed by atoms with van der Waals surface area (Å²) in [6.45, 7) is 6.57. The molecule has 1 N–H and O–H groups in total. The van der Waals surface area contributed by atoms with Crippen molar-refractivity contribution in [1.29, 1.82) is 0 Å². The van der Waals surface area contributed by atoms with E-state index in [2.05, 4.69) is 5.32 Å². The molecule has 1 saturated heterocycles. The zero-order chi connectivity index (χ0) is 20.5. The maximum Gasteiger partial charge on any atom is 0.408 e. The number of rotatable bonds is 5. The smallest absolute Gasteiger partial charge is 0.408 e. The average molecular weight is 390 g/mol. The number of hydroxylamine groups is 2. The monoisotopic (exact) mass is 390 g/mol. The number of amides is 2. The van der Waals surface area contributed by atoms with Crippen LogP contribution in [-0.2, 0) is 36.7 Å². The Labute approximate surface area is 164 Å². The fraction of sp³-hybridized carbons (Fsp3) is 0.550. The van der Waals surface area contributed by atoms with Crippen molar-refractivity contribution in [2.45, 2.75) is 64.3 Å². The minimum Gasteiger partial charge on any atom is -0.460 e. The summed E-state index contributed by atoms with van der Waals surface area (Å²) in [5.74, 6) is -0.958. The summed E-state index contributed by atoms with van der Waals surface area (Å²) in [7, 11) is 0. The highest BCUT2D eigenvalue weighted by atomic mass is 16.7. The maximum absolute atomic E-state index is 12.2. The number of benzene rings is 1. The lowest BCUT2D eigenvalue weighted by molar-refractivity contribution is -0.234. The number of esters is 1. The second-order valence-corrected chi connectivity index (χ2v) is 8.09. The molecular weight excluding hydrogens is 364 g/mol. The van der Waals surface area contributed by atoms with E-state index in [1.807, 2.05) is 24.3 Å². The highest BCUT2D eigenvalue weighted by molar-refractivity contribution is 5.91.